The van der Waals surface area contributed by atoms with Gasteiger partial charge in [-0.15, -0.1) is 0 Å². The fourth-order valence-electron chi connectivity index (χ4n) is 2.29. The van der Waals surface area contributed by atoms with E-state index in [1.165, 1.54) is 23.4 Å². The van der Waals surface area contributed by atoms with E-state index in [2.05, 4.69) is 4.98 Å². The van der Waals surface area contributed by atoms with Gasteiger partial charge in [-0.2, -0.15) is 0 Å². The summed E-state index contributed by atoms with van der Waals surface area (Å²) in [5.74, 6) is -1.65. The van der Waals surface area contributed by atoms with Crippen LogP contribution >= 0.6 is 0 Å². The van der Waals surface area contributed by atoms with Gasteiger partial charge in [-0.25, -0.2) is 4.79 Å². The zero-order valence-corrected chi connectivity index (χ0v) is 9.92. The number of carboxylic acid groups (broad SMARTS) is 1. The molecule has 1 aromatic heterocycles. The minimum atomic E-state index is -1.03. The van der Waals surface area contributed by atoms with E-state index in [-0.39, 0.29) is 11.5 Å². The van der Waals surface area contributed by atoms with Crippen LogP contribution in [0, 0.1) is 5.92 Å². The van der Waals surface area contributed by atoms with Crippen molar-refractivity contribution in [3.63, 3.8) is 0 Å². The monoisotopic (exact) mass is 250 g/mol. The van der Waals surface area contributed by atoms with Gasteiger partial charge >= 0.3 is 5.97 Å². The molecule has 2 unspecified atom stereocenters. The second-order valence-electron chi connectivity index (χ2n) is 4.47. The van der Waals surface area contributed by atoms with Gasteiger partial charge in [-0.05, 0) is 12.3 Å². The lowest BCUT2D eigenvalue weighted by molar-refractivity contribution is -0.142. The highest BCUT2D eigenvalue weighted by Gasteiger charge is 2.40. The van der Waals surface area contributed by atoms with Crippen molar-refractivity contribution in [2.24, 2.45) is 5.92 Å². The van der Waals surface area contributed by atoms with E-state index in [0.717, 1.165) is 0 Å². The molecule has 1 saturated heterocycles. The predicted octanol–water partition coefficient (Wildman–Crippen LogP) is 0.310. The number of pyridine rings is 1. The summed E-state index contributed by atoms with van der Waals surface area (Å²) in [6.45, 7) is 2.16. The molecule has 1 aliphatic heterocycles. The van der Waals surface area contributed by atoms with Crippen molar-refractivity contribution in [2.75, 3.05) is 6.54 Å². The van der Waals surface area contributed by atoms with Crippen molar-refractivity contribution in [1.82, 2.24) is 9.88 Å². The molecule has 0 aromatic carbocycles. The number of nitrogens with one attached hydrogen (secondary N) is 1. The Morgan fingerprint density at radius 3 is 2.83 bits per heavy atom. The van der Waals surface area contributed by atoms with Crippen LogP contribution < -0.4 is 5.43 Å². The number of H-pyrrole nitrogens is 1. The Balaban J connectivity index is 2.32. The second-order valence-corrected chi connectivity index (χ2v) is 4.47. The summed E-state index contributed by atoms with van der Waals surface area (Å²) in [7, 11) is 0. The van der Waals surface area contributed by atoms with Crippen LogP contribution in [0.4, 0.5) is 0 Å². The van der Waals surface area contributed by atoms with Crippen LogP contribution in [0.15, 0.2) is 23.3 Å². The Kier molecular flexibility index (Phi) is 3.18. The second kappa shape index (κ2) is 4.64. The van der Waals surface area contributed by atoms with Crippen molar-refractivity contribution >= 4 is 11.9 Å². The molecule has 2 rings (SSSR count). The molecule has 1 amide bonds. The number of carbonyl (C=O) groups is 2. The molecule has 1 fully saturated rings. The summed E-state index contributed by atoms with van der Waals surface area (Å²) in [6.07, 6.45) is 3.38. The van der Waals surface area contributed by atoms with Gasteiger partial charge in [0.1, 0.15) is 11.6 Å². The van der Waals surface area contributed by atoms with Crippen LogP contribution in [0.2, 0.25) is 0 Å². The lowest BCUT2D eigenvalue weighted by Crippen LogP contribution is -2.44. The molecule has 18 heavy (non-hydrogen) atoms. The number of nitrogens with zero attached hydrogens (tertiary/aromatic N) is 1. The predicted molar refractivity (Wildman–Crippen MR) is 63.3 cm³/mol. The molecule has 6 heteroatoms. The maximum Gasteiger partial charge on any atom is 0.326 e. The largest absolute Gasteiger partial charge is 0.480 e. The number of rotatable bonds is 2. The first-order chi connectivity index (χ1) is 8.52. The van der Waals surface area contributed by atoms with Crippen molar-refractivity contribution in [3.05, 3.63) is 34.2 Å². The van der Waals surface area contributed by atoms with Crippen molar-refractivity contribution < 1.29 is 14.7 Å². The van der Waals surface area contributed by atoms with Crippen LogP contribution in [-0.4, -0.2) is 39.5 Å². The van der Waals surface area contributed by atoms with Crippen LogP contribution in [0.1, 0.15) is 23.7 Å². The van der Waals surface area contributed by atoms with Gasteiger partial charge in [-0.1, -0.05) is 6.92 Å². The lowest BCUT2D eigenvalue weighted by Gasteiger charge is -2.22. The molecule has 1 aliphatic rings. The number of carboxylic acids is 1. The number of aromatic nitrogens is 1. The first-order valence-corrected chi connectivity index (χ1v) is 5.73. The maximum atomic E-state index is 12.2. The first kappa shape index (κ1) is 12.3. The zero-order valence-electron chi connectivity index (χ0n) is 9.92. The summed E-state index contributed by atoms with van der Waals surface area (Å²) in [4.78, 5) is 38.8. The Morgan fingerprint density at radius 2 is 2.22 bits per heavy atom. The van der Waals surface area contributed by atoms with Crippen LogP contribution in [0.5, 0.6) is 0 Å². The molecule has 0 bridgehead atoms. The van der Waals surface area contributed by atoms with E-state index in [1.54, 1.807) is 6.92 Å². The number of aliphatic carboxylic acids is 1. The van der Waals surface area contributed by atoms with Crippen LogP contribution in [-0.2, 0) is 4.79 Å². The van der Waals surface area contributed by atoms with Gasteiger partial charge in [0.25, 0.3) is 5.91 Å². The average molecular weight is 250 g/mol. The fraction of sp³-hybridized carbons (Fsp3) is 0.417. The van der Waals surface area contributed by atoms with Gasteiger partial charge < -0.3 is 15.0 Å². The Bertz CT molecular complexity index is 537. The molecule has 2 heterocycles. The van der Waals surface area contributed by atoms with E-state index in [4.69, 9.17) is 5.11 Å². The first-order valence-electron chi connectivity index (χ1n) is 5.73. The third kappa shape index (κ3) is 2.01. The molecule has 6 nitrogen and oxygen atoms in total. The third-order valence-corrected chi connectivity index (χ3v) is 3.27. The van der Waals surface area contributed by atoms with Crippen molar-refractivity contribution in [3.8, 4) is 0 Å². The number of carbonyl (C=O) groups excluding carboxylic acids is 1. The zero-order chi connectivity index (χ0) is 13.3. The van der Waals surface area contributed by atoms with Crippen molar-refractivity contribution in [2.45, 2.75) is 19.4 Å². The number of amides is 1. The SMILES string of the molecule is CC1CCN(C(=O)c2c[nH]ccc2=O)C1C(=O)O. The van der Waals surface area contributed by atoms with E-state index < -0.39 is 23.3 Å². The third-order valence-electron chi connectivity index (χ3n) is 3.27. The normalized spacial score (nSPS) is 23.1. The summed E-state index contributed by atoms with van der Waals surface area (Å²) < 4.78 is 0. The molecule has 0 spiro atoms. The number of hydrogen-bond donors (Lipinski definition) is 2. The summed E-state index contributed by atoms with van der Waals surface area (Å²) in [5, 5.41) is 9.14. The number of likely N-dealkylation sites (tertiary alicyclic amines) is 1. The van der Waals surface area contributed by atoms with Gasteiger partial charge in [0.05, 0.1) is 0 Å². The highest BCUT2D eigenvalue weighted by Crippen LogP contribution is 2.25. The number of hydrogen-bond acceptors (Lipinski definition) is 3. The molecule has 0 saturated carbocycles. The van der Waals surface area contributed by atoms with E-state index in [0.29, 0.717) is 13.0 Å². The molecule has 2 N–H and O–H groups in total. The minimum Gasteiger partial charge on any atom is -0.480 e. The fourth-order valence-corrected chi connectivity index (χ4v) is 2.29. The summed E-state index contributed by atoms with van der Waals surface area (Å²) in [6, 6.07) is 0.403. The standard InChI is InChI=1S/C12H14N2O4/c1-7-3-5-14(10(7)12(17)18)11(16)8-6-13-4-2-9(8)15/h2,4,6-7,10H,3,5H2,1H3,(H,13,15)(H,17,18). The maximum absolute atomic E-state index is 12.2. The van der Waals surface area contributed by atoms with E-state index >= 15 is 0 Å². The van der Waals surface area contributed by atoms with Gasteiger partial charge in [0, 0.05) is 25.0 Å². The molecular formula is C12H14N2O4. The Hall–Kier alpha value is -2.11. The smallest absolute Gasteiger partial charge is 0.326 e. The van der Waals surface area contributed by atoms with E-state index in [9.17, 15) is 14.4 Å². The molecule has 2 atom stereocenters. The Labute approximate surface area is 103 Å². The molecule has 0 aliphatic carbocycles. The van der Waals surface area contributed by atoms with Crippen LogP contribution in [0.3, 0.4) is 0 Å². The molecule has 96 valence electrons. The van der Waals surface area contributed by atoms with Crippen LogP contribution in [0.25, 0.3) is 0 Å². The summed E-state index contributed by atoms with van der Waals surface area (Å²) in [5.41, 5.74) is -0.416. The molecular weight excluding hydrogens is 236 g/mol. The quantitative estimate of drug-likeness (QED) is 0.790. The number of aromatic amines is 1. The Morgan fingerprint density at radius 1 is 1.50 bits per heavy atom. The average Bonchev–Trinajstić information content (AvgIpc) is 2.71. The highest BCUT2D eigenvalue weighted by atomic mass is 16.4. The highest BCUT2D eigenvalue weighted by molar-refractivity contribution is 5.96. The summed E-state index contributed by atoms with van der Waals surface area (Å²) >= 11 is 0. The van der Waals surface area contributed by atoms with Crippen molar-refractivity contribution in [1.29, 1.82) is 0 Å². The minimum absolute atomic E-state index is 0.0159. The molecule has 1 aromatic rings. The van der Waals surface area contributed by atoms with Gasteiger partial charge in [0.2, 0.25) is 0 Å². The lowest BCUT2D eigenvalue weighted by atomic mass is 10.0. The van der Waals surface area contributed by atoms with E-state index in [1.807, 2.05) is 0 Å². The van der Waals surface area contributed by atoms with Gasteiger partial charge in [0.15, 0.2) is 5.43 Å². The molecule has 0 radical (unpaired) electrons. The van der Waals surface area contributed by atoms with Gasteiger partial charge in [-0.3, -0.25) is 9.59 Å². The topological polar surface area (TPSA) is 90.5 Å².